The van der Waals surface area contributed by atoms with Gasteiger partial charge in [-0.3, -0.25) is 0 Å². The molecule has 0 spiro atoms. The molecule has 2 aliphatic rings. The van der Waals surface area contributed by atoms with Gasteiger partial charge in [-0.15, -0.1) is 11.8 Å². The second-order valence-corrected chi connectivity index (χ2v) is 6.77. The number of aliphatic carboxylic acids is 1. The molecule has 6 heteroatoms. The molecule has 108 valence electrons. The number of carbonyl (C=O) groups is 2. The maximum atomic E-state index is 12.2. The number of carboxylic acids is 1. The Balaban J connectivity index is 1.92. The minimum Gasteiger partial charge on any atom is -0.480 e. The average molecular weight is 286 g/mol. The molecule has 2 N–H and O–H groups in total. The first-order valence-corrected chi connectivity index (χ1v) is 8.02. The van der Waals surface area contributed by atoms with Crippen molar-refractivity contribution in [1.82, 2.24) is 10.2 Å². The van der Waals surface area contributed by atoms with Gasteiger partial charge in [-0.2, -0.15) is 0 Å². The first-order valence-electron chi connectivity index (χ1n) is 6.86. The maximum Gasteiger partial charge on any atom is 0.327 e. The third kappa shape index (κ3) is 3.35. The van der Waals surface area contributed by atoms with Crippen LogP contribution >= 0.6 is 11.8 Å². The summed E-state index contributed by atoms with van der Waals surface area (Å²) in [5.74, 6) is 1.23. The van der Waals surface area contributed by atoms with Crippen molar-refractivity contribution in [2.45, 2.75) is 45.2 Å². The Bertz CT molecular complexity index is 364. The number of carboxylic acid groups (broad SMARTS) is 1. The number of amides is 2. The zero-order valence-electron chi connectivity index (χ0n) is 11.5. The molecule has 19 heavy (non-hydrogen) atoms. The topological polar surface area (TPSA) is 69.6 Å². The first-order chi connectivity index (χ1) is 8.99. The highest BCUT2D eigenvalue weighted by Crippen LogP contribution is 2.29. The Labute approximate surface area is 118 Å². The smallest absolute Gasteiger partial charge is 0.327 e. The van der Waals surface area contributed by atoms with Gasteiger partial charge in [-0.25, -0.2) is 9.59 Å². The fourth-order valence-electron chi connectivity index (χ4n) is 2.97. The van der Waals surface area contributed by atoms with Gasteiger partial charge in [0.15, 0.2) is 0 Å². The molecule has 1 saturated carbocycles. The number of rotatable bonds is 2. The summed E-state index contributed by atoms with van der Waals surface area (Å²) in [6.07, 6.45) is 3.25. The van der Waals surface area contributed by atoms with Gasteiger partial charge in [-0.05, 0) is 31.1 Å². The molecule has 2 rings (SSSR count). The van der Waals surface area contributed by atoms with Crippen LogP contribution in [0.4, 0.5) is 4.79 Å². The van der Waals surface area contributed by atoms with E-state index in [1.165, 1.54) is 16.7 Å². The minimum atomic E-state index is -0.912. The lowest BCUT2D eigenvalue weighted by molar-refractivity contribution is -0.140. The number of hydrogen-bond acceptors (Lipinski definition) is 3. The second-order valence-electron chi connectivity index (χ2n) is 5.78. The molecular formula is C13H22N2O3S. The summed E-state index contributed by atoms with van der Waals surface area (Å²) in [5, 5.41) is 12.1. The number of urea groups is 1. The SMILES string of the molecule is CC1CCC(NC(=O)N2CSCC2C(=O)O)C(C)C1. The number of nitrogens with zero attached hydrogens (tertiary/aromatic N) is 1. The van der Waals surface area contributed by atoms with Crippen molar-refractivity contribution in [2.75, 3.05) is 11.6 Å². The summed E-state index contributed by atoms with van der Waals surface area (Å²) in [5.41, 5.74) is 0. The van der Waals surface area contributed by atoms with Crippen LogP contribution in [0.1, 0.15) is 33.1 Å². The third-order valence-corrected chi connectivity index (χ3v) is 5.18. The van der Waals surface area contributed by atoms with Crippen LogP contribution in [0.15, 0.2) is 0 Å². The lowest BCUT2D eigenvalue weighted by atomic mass is 9.80. The molecule has 4 atom stereocenters. The molecule has 5 nitrogen and oxygen atoms in total. The standard InChI is InChI=1S/C13H22N2O3S/c1-8-3-4-10(9(2)5-8)14-13(18)15-7-19-6-11(15)12(16)17/h8-11H,3-7H2,1-2H3,(H,14,18)(H,16,17). The summed E-state index contributed by atoms with van der Waals surface area (Å²) in [7, 11) is 0. The molecule has 0 aromatic heterocycles. The van der Waals surface area contributed by atoms with E-state index in [4.69, 9.17) is 5.11 Å². The summed E-state index contributed by atoms with van der Waals surface area (Å²) in [6, 6.07) is -0.713. The summed E-state index contributed by atoms with van der Waals surface area (Å²) >= 11 is 1.49. The molecule has 2 amide bonds. The van der Waals surface area contributed by atoms with E-state index in [-0.39, 0.29) is 12.1 Å². The van der Waals surface area contributed by atoms with E-state index in [1.807, 2.05) is 0 Å². The van der Waals surface area contributed by atoms with Gasteiger partial charge in [0.1, 0.15) is 6.04 Å². The van der Waals surface area contributed by atoms with E-state index in [0.29, 0.717) is 17.5 Å². The number of hydrogen-bond donors (Lipinski definition) is 2. The summed E-state index contributed by atoms with van der Waals surface area (Å²) in [4.78, 5) is 24.7. The Kier molecular flexibility index (Phi) is 4.60. The molecule has 0 aromatic rings. The van der Waals surface area contributed by atoms with E-state index in [0.717, 1.165) is 25.2 Å². The zero-order valence-corrected chi connectivity index (χ0v) is 12.3. The Morgan fingerprint density at radius 1 is 1.32 bits per heavy atom. The highest BCUT2D eigenvalue weighted by Gasteiger charge is 2.36. The molecule has 0 bridgehead atoms. The van der Waals surface area contributed by atoms with Crippen LogP contribution in [0.25, 0.3) is 0 Å². The van der Waals surface area contributed by atoms with Gasteiger partial charge in [0.2, 0.25) is 0 Å². The van der Waals surface area contributed by atoms with Crippen LogP contribution in [0, 0.1) is 11.8 Å². The third-order valence-electron chi connectivity index (χ3n) is 4.17. The molecule has 2 fully saturated rings. The average Bonchev–Trinajstić information content (AvgIpc) is 2.82. The Hall–Kier alpha value is -0.910. The van der Waals surface area contributed by atoms with Gasteiger partial charge in [-0.1, -0.05) is 13.8 Å². The van der Waals surface area contributed by atoms with Gasteiger partial charge in [0.05, 0.1) is 5.88 Å². The predicted molar refractivity (Wildman–Crippen MR) is 75.1 cm³/mol. The quantitative estimate of drug-likeness (QED) is 0.814. The van der Waals surface area contributed by atoms with Crippen molar-refractivity contribution in [1.29, 1.82) is 0 Å². The van der Waals surface area contributed by atoms with Gasteiger partial charge >= 0.3 is 12.0 Å². The van der Waals surface area contributed by atoms with Crippen LogP contribution in [-0.4, -0.2) is 45.7 Å². The van der Waals surface area contributed by atoms with E-state index < -0.39 is 12.0 Å². The molecule has 1 heterocycles. The monoisotopic (exact) mass is 286 g/mol. The lowest BCUT2D eigenvalue weighted by Crippen LogP contribution is -2.52. The largest absolute Gasteiger partial charge is 0.480 e. The van der Waals surface area contributed by atoms with Crippen molar-refractivity contribution in [3.63, 3.8) is 0 Å². The maximum absolute atomic E-state index is 12.2. The second kappa shape index (κ2) is 6.03. The van der Waals surface area contributed by atoms with Gasteiger partial charge < -0.3 is 15.3 Å². The van der Waals surface area contributed by atoms with E-state index in [9.17, 15) is 9.59 Å². The Morgan fingerprint density at radius 3 is 2.68 bits per heavy atom. The number of thioether (sulfide) groups is 1. The van der Waals surface area contributed by atoms with E-state index >= 15 is 0 Å². The molecule has 1 saturated heterocycles. The fourth-order valence-corrected chi connectivity index (χ4v) is 4.11. The van der Waals surface area contributed by atoms with Crippen molar-refractivity contribution < 1.29 is 14.7 Å². The van der Waals surface area contributed by atoms with Crippen LogP contribution in [-0.2, 0) is 4.79 Å². The molecule has 0 radical (unpaired) electrons. The molecule has 0 aromatic carbocycles. The normalized spacial score (nSPS) is 35.2. The number of carbonyl (C=O) groups excluding carboxylic acids is 1. The van der Waals surface area contributed by atoms with Crippen molar-refractivity contribution >= 4 is 23.8 Å². The zero-order chi connectivity index (χ0) is 14.0. The van der Waals surface area contributed by atoms with Crippen LogP contribution in [0.2, 0.25) is 0 Å². The van der Waals surface area contributed by atoms with Crippen LogP contribution in [0.5, 0.6) is 0 Å². The predicted octanol–water partition coefficient (Wildman–Crippen LogP) is 1.98. The van der Waals surface area contributed by atoms with E-state index in [2.05, 4.69) is 19.2 Å². The van der Waals surface area contributed by atoms with E-state index in [1.54, 1.807) is 0 Å². The molecule has 4 unspecified atom stereocenters. The van der Waals surface area contributed by atoms with Gasteiger partial charge in [0, 0.05) is 11.8 Å². The van der Waals surface area contributed by atoms with Crippen LogP contribution < -0.4 is 5.32 Å². The lowest BCUT2D eigenvalue weighted by Gasteiger charge is -2.34. The highest BCUT2D eigenvalue weighted by atomic mass is 32.2. The fraction of sp³-hybridized carbons (Fsp3) is 0.846. The summed E-state index contributed by atoms with van der Waals surface area (Å²) in [6.45, 7) is 4.40. The summed E-state index contributed by atoms with van der Waals surface area (Å²) < 4.78 is 0. The van der Waals surface area contributed by atoms with Crippen LogP contribution in [0.3, 0.4) is 0 Å². The molecular weight excluding hydrogens is 264 g/mol. The highest BCUT2D eigenvalue weighted by molar-refractivity contribution is 7.99. The van der Waals surface area contributed by atoms with Crippen molar-refractivity contribution in [2.24, 2.45) is 11.8 Å². The van der Waals surface area contributed by atoms with Crippen molar-refractivity contribution in [3.05, 3.63) is 0 Å². The molecule has 1 aliphatic heterocycles. The van der Waals surface area contributed by atoms with Crippen molar-refractivity contribution in [3.8, 4) is 0 Å². The number of nitrogens with one attached hydrogen (secondary N) is 1. The minimum absolute atomic E-state index is 0.184. The Morgan fingerprint density at radius 2 is 2.05 bits per heavy atom. The molecule has 1 aliphatic carbocycles. The van der Waals surface area contributed by atoms with Gasteiger partial charge in [0.25, 0.3) is 0 Å². The first kappa shape index (κ1) is 14.5.